The maximum atomic E-state index is 11.3. The fourth-order valence-corrected chi connectivity index (χ4v) is 1.67. The van der Waals surface area contributed by atoms with E-state index in [1.807, 2.05) is 6.92 Å². The van der Waals surface area contributed by atoms with E-state index in [4.69, 9.17) is 21.1 Å². The van der Waals surface area contributed by atoms with Crippen LogP contribution in [-0.2, 0) is 16.0 Å². The molecule has 0 heterocycles. The highest BCUT2D eigenvalue weighted by Crippen LogP contribution is 2.29. The van der Waals surface area contributed by atoms with Gasteiger partial charge in [-0.3, -0.25) is 4.79 Å². The highest BCUT2D eigenvalue weighted by atomic mass is 35.5. The first-order valence-corrected chi connectivity index (χ1v) is 5.45. The highest BCUT2D eigenvalue weighted by molar-refractivity contribution is 6.32. The summed E-state index contributed by atoms with van der Waals surface area (Å²) in [5.41, 5.74) is 1.60. The van der Waals surface area contributed by atoms with Crippen LogP contribution in [0.2, 0.25) is 5.02 Å². The molecule has 0 bridgehead atoms. The van der Waals surface area contributed by atoms with Gasteiger partial charge in [0.1, 0.15) is 5.75 Å². The minimum atomic E-state index is -0.269. The van der Waals surface area contributed by atoms with Gasteiger partial charge in [-0.1, -0.05) is 17.7 Å². The van der Waals surface area contributed by atoms with E-state index in [2.05, 4.69) is 0 Å². The molecule has 0 unspecified atom stereocenters. The molecular formula is C12H15ClO3. The maximum absolute atomic E-state index is 11.3. The standard InChI is InChI=1S/C12H15ClO3/c1-4-16-11(14)7-9-5-6-10(15-3)8(2)12(9)13/h5-6H,4,7H2,1-3H3. The molecule has 88 valence electrons. The number of rotatable bonds is 4. The molecule has 0 spiro atoms. The molecule has 0 fully saturated rings. The second-order valence-corrected chi connectivity index (χ2v) is 3.73. The quantitative estimate of drug-likeness (QED) is 0.762. The summed E-state index contributed by atoms with van der Waals surface area (Å²) < 4.78 is 10.0. The second kappa shape index (κ2) is 5.75. The molecule has 0 radical (unpaired) electrons. The normalized spacial score (nSPS) is 10.0. The fraction of sp³-hybridized carbons (Fsp3) is 0.417. The number of carbonyl (C=O) groups is 1. The zero-order valence-electron chi connectivity index (χ0n) is 9.67. The summed E-state index contributed by atoms with van der Waals surface area (Å²) in [6, 6.07) is 3.58. The van der Waals surface area contributed by atoms with Gasteiger partial charge in [0, 0.05) is 5.56 Å². The minimum absolute atomic E-state index is 0.192. The van der Waals surface area contributed by atoms with Crippen molar-refractivity contribution in [3.05, 3.63) is 28.3 Å². The molecule has 0 aliphatic rings. The van der Waals surface area contributed by atoms with Crippen LogP contribution in [0.15, 0.2) is 12.1 Å². The van der Waals surface area contributed by atoms with Crippen LogP contribution in [0.3, 0.4) is 0 Å². The lowest BCUT2D eigenvalue weighted by molar-refractivity contribution is -0.142. The molecule has 0 aliphatic heterocycles. The smallest absolute Gasteiger partial charge is 0.310 e. The van der Waals surface area contributed by atoms with Gasteiger partial charge in [-0.15, -0.1) is 0 Å². The van der Waals surface area contributed by atoms with E-state index in [0.29, 0.717) is 11.6 Å². The molecule has 0 amide bonds. The largest absolute Gasteiger partial charge is 0.496 e. The number of esters is 1. The number of halogens is 1. The molecule has 16 heavy (non-hydrogen) atoms. The molecule has 1 aromatic rings. The summed E-state index contributed by atoms with van der Waals surface area (Å²) >= 11 is 6.13. The Bertz CT molecular complexity index is 388. The van der Waals surface area contributed by atoms with Crippen LogP contribution in [-0.4, -0.2) is 19.7 Å². The Morgan fingerprint density at radius 3 is 2.69 bits per heavy atom. The van der Waals surface area contributed by atoms with Crippen LogP contribution < -0.4 is 4.74 Å². The van der Waals surface area contributed by atoms with Crippen molar-refractivity contribution in [3.8, 4) is 5.75 Å². The summed E-state index contributed by atoms with van der Waals surface area (Å²) in [6.07, 6.45) is 0.192. The Balaban J connectivity index is 2.90. The number of benzene rings is 1. The first-order chi connectivity index (χ1) is 7.60. The summed E-state index contributed by atoms with van der Waals surface area (Å²) in [5.74, 6) is 0.451. The number of ether oxygens (including phenoxy) is 2. The van der Waals surface area contributed by atoms with Gasteiger partial charge in [0.05, 0.1) is 25.2 Å². The minimum Gasteiger partial charge on any atom is -0.496 e. The zero-order chi connectivity index (χ0) is 12.1. The molecule has 0 saturated carbocycles. The Kier molecular flexibility index (Phi) is 4.62. The average molecular weight is 243 g/mol. The zero-order valence-corrected chi connectivity index (χ0v) is 10.4. The maximum Gasteiger partial charge on any atom is 0.310 e. The fourth-order valence-electron chi connectivity index (χ4n) is 1.45. The third kappa shape index (κ3) is 2.89. The molecule has 0 aliphatic carbocycles. The lowest BCUT2D eigenvalue weighted by Gasteiger charge is -2.10. The highest BCUT2D eigenvalue weighted by Gasteiger charge is 2.12. The van der Waals surface area contributed by atoms with Gasteiger partial charge in [0.2, 0.25) is 0 Å². The number of hydrogen-bond acceptors (Lipinski definition) is 3. The van der Waals surface area contributed by atoms with E-state index in [9.17, 15) is 4.79 Å². The molecule has 0 atom stereocenters. The molecule has 0 saturated heterocycles. The monoisotopic (exact) mass is 242 g/mol. The topological polar surface area (TPSA) is 35.5 Å². The average Bonchev–Trinajstić information content (AvgIpc) is 2.25. The van der Waals surface area contributed by atoms with Crippen molar-refractivity contribution < 1.29 is 14.3 Å². The first-order valence-electron chi connectivity index (χ1n) is 5.07. The molecule has 1 aromatic carbocycles. The van der Waals surface area contributed by atoms with Gasteiger partial charge >= 0.3 is 5.97 Å². The van der Waals surface area contributed by atoms with Crippen molar-refractivity contribution in [1.29, 1.82) is 0 Å². The summed E-state index contributed by atoms with van der Waals surface area (Å²) in [5, 5.41) is 0.562. The van der Waals surface area contributed by atoms with Gasteiger partial charge in [-0.2, -0.15) is 0 Å². The molecule has 3 nitrogen and oxygen atoms in total. The Hall–Kier alpha value is -1.22. The van der Waals surface area contributed by atoms with Crippen molar-refractivity contribution in [2.75, 3.05) is 13.7 Å². The summed E-state index contributed by atoms with van der Waals surface area (Å²) in [7, 11) is 1.59. The first kappa shape index (κ1) is 12.8. The third-order valence-corrected chi connectivity index (χ3v) is 2.80. The van der Waals surface area contributed by atoms with Crippen LogP contribution in [0.4, 0.5) is 0 Å². The van der Waals surface area contributed by atoms with E-state index in [-0.39, 0.29) is 12.4 Å². The van der Waals surface area contributed by atoms with E-state index in [0.717, 1.165) is 16.9 Å². The predicted molar refractivity (Wildman–Crippen MR) is 63.1 cm³/mol. The van der Waals surface area contributed by atoms with Crippen molar-refractivity contribution in [1.82, 2.24) is 0 Å². The Morgan fingerprint density at radius 2 is 2.12 bits per heavy atom. The van der Waals surface area contributed by atoms with Crippen LogP contribution >= 0.6 is 11.6 Å². The van der Waals surface area contributed by atoms with Crippen LogP contribution in [0.1, 0.15) is 18.1 Å². The molecule has 1 rings (SSSR count). The molecule has 0 aromatic heterocycles. The van der Waals surface area contributed by atoms with E-state index in [1.165, 1.54) is 0 Å². The third-order valence-electron chi connectivity index (χ3n) is 2.28. The van der Waals surface area contributed by atoms with E-state index < -0.39 is 0 Å². The van der Waals surface area contributed by atoms with Crippen molar-refractivity contribution in [3.63, 3.8) is 0 Å². The number of hydrogen-bond donors (Lipinski definition) is 0. The van der Waals surface area contributed by atoms with Crippen molar-refractivity contribution in [2.45, 2.75) is 20.3 Å². The summed E-state index contributed by atoms with van der Waals surface area (Å²) in [4.78, 5) is 11.3. The van der Waals surface area contributed by atoms with Crippen LogP contribution in [0.25, 0.3) is 0 Å². The predicted octanol–water partition coefficient (Wildman–Crippen LogP) is 2.76. The van der Waals surface area contributed by atoms with Crippen LogP contribution in [0.5, 0.6) is 5.75 Å². The van der Waals surface area contributed by atoms with E-state index >= 15 is 0 Å². The van der Waals surface area contributed by atoms with Crippen LogP contribution in [0, 0.1) is 6.92 Å². The Morgan fingerprint density at radius 1 is 1.44 bits per heavy atom. The number of methoxy groups -OCH3 is 1. The molecule has 0 N–H and O–H groups in total. The van der Waals surface area contributed by atoms with Gasteiger partial charge in [-0.05, 0) is 25.5 Å². The molecule has 4 heteroatoms. The molecular weight excluding hydrogens is 228 g/mol. The summed E-state index contributed by atoms with van der Waals surface area (Å²) in [6.45, 7) is 4.01. The van der Waals surface area contributed by atoms with Gasteiger partial charge < -0.3 is 9.47 Å². The van der Waals surface area contributed by atoms with Gasteiger partial charge in [-0.25, -0.2) is 0 Å². The van der Waals surface area contributed by atoms with E-state index in [1.54, 1.807) is 26.2 Å². The second-order valence-electron chi connectivity index (χ2n) is 3.35. The van der Waals surface area contributed by atoms with Gasteiger partial charge in [0.15, 0.2) is 0 Å². The lowest BCUT2D eigenvalue weighted by atomic mass is 10.1. The van der Waals surface area contributed by atoms with Crippen molar-refractivity contribution >= 4 is 17.6 Å². The van der Waals surface area contributed by atoms with Gasteiger partial charge in [0.25, 0.3) is 0 Å². The number of carbonyl (C=O) groups excluding carboxylic acids is 1. The lowest BCUT2D eigenvalue weighted by Crippen LogP contribution is -2.08. The Labute approximate surface area is 100 Å². The SMILES string of the molecule is CCOC(=O)Cc1ccc(OC)c(C)c1Cl. The van der Waals surface area contributed by atoms with Crippen molar-refractivity contribution in [2.24, 2.45) is 0 Å².